The van der Waals surface area contributed by atoms with Gasteiger partial charge in [0, 0.05) is 25.2 Å². The van der Waals surface area contributed by atoms with E-state index in [-0.39, 0.29) is 18.4 Å². The SMILES string of the molecule is CN1CCNCC1c1noc(-c2ccccc2-c2ccc(C(F)(F)F)cc2)n1.Cl. The van der Waals surface area contributed by atoms with Gasteiger partial charge < -0.3 is 9.84 Å². The van der Waals surface area contributed by atoms with Gasteiger partial charge in [-0.3, -0.25) is 4.90 Å². The zero-order chi connectivity index (χ0) is 19.7. The molecule has 1 fully saturated rings. The number of hydrogen-bond donors (Lipinski definition) is 1. The van der Waals surface area contributed by atoms with Gasteiger partial charge in [0.1, 0.15) is 0 Å². The number of piperazine rings is 1. The second-order valence-electron chi connectivity index (χ2n) is 6.78. The highest BCUT2D eigenvalue weighted by Crippen LogP contribution is 2.35. The van der Waals surface area contributed by atoms with Crippen molar-refractivity contribution in [1.82, 2.24) is 20.4 Å². The molecule has 1 aliphatic heterocycles. The molecule has 4 rings (SSSR count). The van der Waals surface area contributed by atoms with E-state index >= 15 is 0 Å². The molecular formula is C20H20ClF3N4O. The van der Waals surface area contributed by atoms with Crippen molar-refractivity contribution in [3.05, 3.63) is 59.9 Å². The summed E-state index contributed by atoms with van der Waals surface area (Å²) in [6.07, 6.45) is -4.36. The minimum Gasteiger partial charge on any atom is -0.334 e. The summed E-state index contributed by atoms with van der Waals surface area (Å²) < 4.78 is 44.0. The van der Waals surface area contributed by atoms with E-state index in [1.54, 1.807) is 0 Å². The van der Waals surface area contributed by atoms with E-state index in [4.69, 9.17) is 4.52 Å². The fourth-order valence-electron chi connectivity index (χ4n) is 3.33. The first-order valence-corrected chi connectivity index (χ1v) is 8.95. The van der Waals surface area contributed by atoms with Crippen LogP contribution >= 0.6 is 12.4 Å². The third-order valence-corrected chi connectivity index (χ3v) is 4.93. The molecule has 1 atom stereocenters. The van der Waals surface area contributed by atoms with Crippen molar-refractivity contribution in [2.75, 3.05) is 26.7 Å². The molecule has 3 aromatic rings. The minimum atomic E-state index is -4.36. The Balaban J connectivity index is 0.00000240. The molecule has 0 bridgehead atoms. The van der Waals surface area contributed by atoms with E-state index in [9.17, 15) is 13.2 Å². The van der Waals surface area contributed by atoms with Gasteiger partial charge in [0.15, 0.2) is 5.82 Å². The number of likely N-dealkylation sites (N-methyl/N-ethyl adjacent to an activating group) is 1. The van der Waals surface area contributed by atoms with Gasteiger partial charge in [-0.15, -0.1) is 12.4 Å². The molecule has 29 heavy (non-hydrogen) atoms. The molecule has 0 spiro atoms. The molecule has 5 nitrogen and oxygen atoms in total. The third-order valence-electron chi connectivity index (χ3n) is 4.93. The lowest BCUT2D eigenvalue weighted by Crippen LogP contribution is -2.44. The predicted octanol–water partition coefficient (Wildman–Crippen LogP) is 4.42. The van der Waals surface area contributed by atoms with Crippen molar-refractivity contribution in [1.29, 1.82) is 0 Å². The molecule has 1 aliphatic rings. The number of rotatable bonds is 3. The average molecular weight is 425 g/mol. The summed E-state index contributed by atoms with van der Waals surface area (Å²) >= 11 is 0. The standard InChI is InChI=1S/C20H19F3N4O.ClH/c1-27-11-10-24-12-17(27)18-25-19(28-26-18)16-5-3-2-4-15(16)13-6-8-14(9-7-13)20(21,22)23;/h2-9,17,24H,10-12H2,1H3;1H. The quantitative estimate of drug-likeness (QED) is 0.674. The molecule has 0 saturated carbocycles. The molecule has 0 amide bonds. The summed E-state index contributed by atoms with van der Waals surface area (Å²) in [5, 5.41) is 7.44. The van der Waals surface area contributed by atoms with Crippen LogP contribution in [0.25, 0.3) is 22.6 Å². The Morgan fingerprint density at radius 2 is 1.76 bits per heavy atom. The second kappa shape index (κ2) is 8.52. The van der Waals surface area contributed by atoms with Crippen LogP contribution in [0.1, 0.15) is 17.4 Å². The van der Waals surface area contributed by atoms with Gasteiger partial charge in [0.25, 0.3) is 5.89 Å². The molecule has 9 heteroatoms. The fraction of sp³-hybridized carbons (Fsp3) is 0.300. The van der Waals surface area contributed by atoms with E-state index in [2.05, 4.69) is 20.4 Å². The first-order valence-electron chi connectivity index (χ1n) is 8.95. The monoisotopic (exact) mass is 424 g/mol. The van der Waals surface area contributed by atoms with E-state index in [1.165, 1.54) is 12.1 Å². The van der Waals surface area contributed by atoms with E-state index < -0.39 is 11.7 Å². The molecule has 1 unspecified atom stereocenters. The maximum Gasteiger partial charge on any atom is 0.416 e. The summed E-state index contributed by atoms with van der Waals surface area (Å²) in [4.78, 5) is 6.72. The molecule has 1 saturated heterocycles. The number of hydrogen-bond acceptors (Lipinski definition) is 5. The maximum absolute atomic E-state index is 12.8. The topological polar surface area (TPSA) is 54.2 Å². The highest BCUT2D eigenvalue weighted by Gasteiger charge is 2.30. The summed E-state index contributed by atoms with van der Waals surface area (Å²) in [6, 6.07) is 12.4. The Kier molecular flexibility index (Phi) is 6.26. The Morgan fingerprint density at radius 3 is 2.41 bits per heavy atom. The smallest absolute Gasteiger partial charge is 0.334 e. The zero-order valence-electron chi connectivity index (χ0n) is 15.6. The third kappa shape index (κ3) is 4.44. The molecule has 0 radical (unpaired) electrons. The molecule has 154 valence electrons. The van der Waals surface area contributed by atoms with Crippen molar-refractivity contribution in [3.8, 4) is 22.6 Å². The Labute approximate surface area is 172 Å². The lowest BCUT2D eigenvalue weighted by molar-refractivity contribution is -0.137. The van der Waals surface area contributed by atoms with Crippen LogP contribution in [0.3, 0.4) is 0 Å². The molecule has 2 aromatic carbocycles. The Bertz CT molecular complexity index is 959. The van der Waals surface area contributed by atoms with Crippen molar-refractivity contribution < 1.29 is 17.7 Å². The lowest BCUT2D eigenvalue weighted by Gasteiger charge is -2.30. The van der Waals surface area contributed by atoms with Crippen LogP contribution in [0, 0.1) is 0 Å². The number of nitrogens with zero attached hydrogens (tertiary/aromatic N) is 3. The molecule has 1 N–H and O–H groups in total. The summed E-state index contributed by atoms with van der Waals surface area (Å²) in [6.45, 7) is 2.53. The van der Waals surface area contributed by atoms with Gasteiger partial charge in [-0.1, -0.05) is 35.5 Å². The van der Waals surface area contributed by atoms with Crippen molar-refractivity contribution >= 4 is 12.4 Å². The Morgan fingerprint density at radius 1 is 1.07 bits per heavy atom. The fourth-order valence-corrected chi connectivity index (χ4v) is 3.33. The number of halogens is 4. The second-order valence-corrected chi connectivity index (χ2v) is 6.78. The largest absolute Gasteiger partial charge is 0.416 e. The first-order chi connectivity index (χ1) is 13.4. The van der Waals surface area contributed by atoms with Gasteiger partial charge >= 0.3 is 6.18 Å². The van der Waals surface area contributed by atoms with E-state index in [1.807, 2.05) is 31.3 Å². The van der Waals surface area contributed by atoms with E-state index in [0.717, 1.165) is 37.3 Å². The summed E-state index contributed by atoms with van der Waals surface area (Å²) in [5.41, 5.74) is 1.40. The van der Waals surface area contributed by atoms with Gasteiger partial charge in [-0.05, 0) is 36.4 Å². The van der Waals surface area contributed by atoms with Crippen molar-refractivity contribution in [2.45, 2.75) is 12.2 Å². The van der Waals surface area contributed by atoms with Gasteiger partial charge in [0.2, 0.25) is 0 Å². The normalized spacial score (nSPS) is 17.7. The summed E-state index contributed by atoms with van der Waals surface area (Å²) in [5.74, 6) is 0.941. The highest BCUT2D eigenvalue weighted by molar-refractivity contribution is 5.85. The Hall–Kier alpha value is -2.42. The van der Waals surface area contributed by atoms with Gasteiger partial charge in [0.05, 0.1) is 11.6 Å². The zero-order valence-corrected chi connectivity index (χ0v) is 16.4. The lowest BCUT2D eigenvalue weighted by atomic mass is 9.98. The van der Waals surface area contributed by atoms with Gasteiger partial charge in [-0.2, -0.15) is 18.2 Å². The van der Waals surface area contributed by atoms with E-state index in [0.29, 0.717) is 22.8 Å². The number of aromatic nitrogens is 2. The number of nitrogens with one attached hydrogen (secondary N) is 1. The highest BCUT2D eigenvalue weighted by atomic mass is 35.5. The van der Waals surface area contributed by atoms with Crippen LogP contribution < -0.4 is 5.32 Å². The maximum atomic E-state index is 12.8. The molecule has 0 aliphatic carbocycles. The van der Waals surface area contributed by atoms with Crippen LogP contribution in [0.2, 0.25) is 0 Å². The van der Waals surface area contributed by atoms with Crippen LogP contribution in [0.15, 0.2) is 53.1 Å². The number of benzene rings is 2. The van der Waals surface area contributed by atoms with Crippen LogP contribution in [-0.2, 0) is 6.18 Å². The number of alkyl halides is 3. The van der Waals surface area contributed by atoms with Crippen molar-refractivity contribution in [2.24, 2.45) is 0 Å². The first kappa shape index (κ1) is 21.3. The van der Waals surface area contributed by atoms with Crippen LogP contribution in [0.4, 0.5) is 13.2 Å². The minimum absolute atomic E-state index is 0. The molecular weight excluding hydrogens is 405 g/mol. The predicted molar refractivity (Wildman–Crippen MR) is 106 cm³/mol. The van der Waals surface area contributed by atoms with Gasteiger partial charge in [-0.25, -0.2) is 0 Å². The van der Waals surface area contributed by atoms with Crippen LogP contribution in [0.5, 0.6) is 0 Å². The molecule has 2 heterocycles. The van der Waals surface area contributed by atoms with Crippen LogP contribution in [-0.4, -0.2) is 41.7 Å². The summed E-state index contributed by atoms with van der Waals surface area (Å²) in [7, 11) is 2.01. The average Bonchev–Trinajstić information content (AvgIpc) is 3.17. The van der Waals surface area contributed by atoms with Crippen molar-refractivity contribution in [3.63, 3.8) is 0 Å². The molecule has 1 aromatic heterocycles.